The summed E-state index contributed by atoms with van der Waals surface area (Å²) in [7, 11) is 0. The largest absolute Gasteiger partial charge is 0.394 e. The molecule has 0 saturated carbocycles. The van der Waals surface area contributed by atoms with Gasteiger partial charge in [-0.1, -0.05) is 152 Å². The Labute approximate surface area is 295 Å². The summed E-state index contributed by atoms with van der Waals surface area (Å²) in [6, 6.07) is 50.1. The van der Waals surface area contributed by atoms with E-state index < -0.39 is 24.4 Å². The predicted molar refractivity (Wildman–Crippen MR) is 194 cm³/mol. The summed E-state index contributed by atoms with van der Waals surface area (Å²) in [4.78, 5) is 0. The molecule has 5 aromatic carbocycles. The summed E-state index contributed by atoms with van der Waals surface area (Å²) >= 11 is 0. The SMILES string of the molecule is OC[C@H](OCc1ccccc1)[C@@H](OCc1ccccc1)[C@H](OCc1ccccc1)[C@@H]1NC[C@@H](OCc2ccccc2)[C@H]1OCc1ccccc1. The van der Waals surface area contributed by atoms with Crippen molar-refractivity contribution in [2.45, 2.75) is 69.6 Å². The Hall–Kier alpha value is -4.18. The van der Waals surface area contributed by atoms with Gasteiger partial charge in [0.1, 0.15) is 24.4 Å². The zero-order valence-corrected chi connectivity index (χ0v) is 28.3. The van der Waals surface area contributed by atoms with Gasteiger partial charge in [-0.25, -0.2) is 0 Å². The van der Waals surface area contributed by atoms with Crippen LogP contribution < -0.4 is 5.32 Å². The van der Waals surface area contributed by atoms with Crippen LogP contribution in [0.2, 0.25) is 0 Å². The Morgan fingerprint density at radius 2 is 0.900 bits per heavy atom. The minimum Gasteiger partial charge on any atom is -0.394 e. The molecule has 0 aromatic heterocycles. The van der Waals surface area contributed by atoms with E-state index in [2.05, 4.69) is 29.6 Å². The number of hydrogen-bond donors (Lipinski definition) is 2. The summed E-state index contributed by atoms with van der Waals surface area (Å²) in [5, 5.41) is 14.6. The van der Waals surface area contributed by atoms with Crippen molar-refractivity contribution in [2.24, 2.45) is 0 Å². The topological polar surface area (TPSA) is 78.4 Å². The van der Waals surface area contributed by atoms with Gasteiger partial charge in [0.05, 0.1) is 51.8 Å². The first-order chi connectivity index (χ1) is 24.8. The Morgan fingerprint density at radius 1 is 0.500 bits per heavy atom. The molecule has 0 radical (unpaired) electrons. The van der Waals surface area contributed by atoms with Crippen LogP contribution in [0.4, 0.5) is 0 Å². The van der Waals surface area contributed by atoms with Crippen LogP contribution in [0.3, 0.4) is 0 Å². The molecule has 1 aliphatic heterocycles. The average Bonchev–Trinajstić information content (AvgIpc) is 3.59. The van der Waals surface area contributed by atoms with Crippen molar-refractivity contribution >= 4 is 0 Å². The van der Waals surface area contributed by atoms with Crippen LogP contribution in [-0.2, 0) is 56.7 Å². The Balaban J connectivity index is 1.31. The molecule has 5 aromatic rings. The molecule has 7 nitrogen and oxygen atoms in total. The first-order valence-electron chi connectivity index (χ1n) is 17.4. The second-order valence-electron chi connectivity index (χ2n) is 12.6. The molecule has 2 N–H and O–H groups in total. The molecule has 0 aliphatic carbocycles. The van der Waals surface area contributed by atoms with Gasteiger partial charge in [-0.2, -0.15) is 0 Å². The van der Waals surface area contributed by atoms with Gasteiger partial charge < -0.3 is 34.1 Å². The van der Waals surface area contributed by atoms with Crippen molar-refractivity contribution in [1.82, 2.24) is 5.32 Å². The molecule has 6 atom stereocenters. The molecule has 1 fully saturated rings. The molecule has 0 unspecified atom stereocenters. The Bertz CT molecular complexity index is 1630. The minimum absolute atomic E-state index is 0.256. The lowest BCUT2D eigenvalue weighted by molar-refractivity contribution is -0.181. The predicted octanol–water partition coefficient (Wildman–Crippen LogP) is 6.88. The van der Waals surface area contributed by atoms with Gasteiger partial charge in [0, 0.05) is 6.54 Å². The zero-order chi connectivity index (χ0) is 34.2. The summed E-state index contributed by atoms with van der Waals surface area (Å²) in [5.74, 6) is 0. The molecule has 7 heteroatoms. The van der Waals surface area contributed by atoms with E-state index >= 15 is 0 Å². The lowest BCUT2D eigenvalue weighted by Gasteiger charge is -2.38. The van der Waals surface area contributed by atoms with Gasteiger partial charge in [0.2, 0.25) is 0 Å². The van der Waals surface area contributed by atoms with E-state index in [1.54, 1.807) is 0 Å². The summed E-state index contributed by atoms with van der Waals surface area (Å²) < 4.78 is 33.4. The molecule has 0 bridgehead atoms. The van der Waals surface area contributed by atoms with Crippen LogP contribution >= 0.6 is 0 Å². The highest BCUT2D eigenvalue weighted by atomic mass is 16.6. The molecular formula is C43H47NO6. The molecule has 1 heterocycles. The second-order valence-corrected chi connectivity index (χ2v) is 12.6. The number of aliphatic hydroxyl groups excluding tert-OH is 1. The van der Waals surface area contributed by atoms with Crippen LogP contribution in [0.25, 0.3) is 0 Å². The quantitative estimate of drug-likeness (QED) is 0.0990. The van der Waals surface area contributed by atoms with Crippen molar-refractivity contribution in [3.05, 3.63) is 179 Å². The van der Waals surface area contributed by atoms with E-state index in [1.165, 1.54) is 0 Å². The van der Waals surface area contributed by atoms with E-state index in [4.69, 9.17) is 23.7 Å². The standard InChI is InChI=1S/C43H47NO6/c45-27-39(47-29-34-18-8-2-9-19-34)42(49-31-36-22-12-4-13-23-36)43(50-32-37-24-14-5-15-25-37)40-41(48-30-35-20-10-3-11-21-35)38(26-44-40)46-28-33-16-6-1-7-17-33/h1-25,38-45H,26-32H2/t38-,39+,40-,41-,42-,43-/m1/s1. The zero-order valence-electron chi connectivity index (χ0n) is 28.3. The van der Waals surface area contributed by atoms with Gasteiger partial charge in [0.25, 0.3) is 0 Å². The fourth-order valence-corrected chi connectivity index (χ4v) is 6.31. The van der Waals surface area contributed by atoms with Crippen molar-refractivity contribution in [3.63, 3.8) is 0 Å². The third-order valence-electron chi connectivity index (χ3n) is 8.97. The highest BCUT2D eigenvalue weighted by Crippen LogP contribution is 2.29. The molecule has 260 valence electrons. The number of hydrogen-bond acceptors (Lipinski definition) is 7. The van der Waals surface area contributed by atoms with Crippen molar-refractivity contribution in [2.75, 3.05) is 13.2 Å². The first kappa shape index (κ1) is 35.6. The minimum atomic E-state index is -0.694. The number of aliphatic hydroxyl groups is 1. The first-order valence-corrected chi connectivity index (χ1v) is 17.4. The monoisotopic (exact) mass is 673 g/mol. The summed E-state index contributed by atoms with van der Waals surface area (Å²) in [5.41, 5.74) is 5.21. The Morgan fingerprint density at radius 3 is 1.36 bits per heavy atom. The average molecular weight is 674 g/mol. The molecular weight excluding hydrogens is 626 g/mol. The number of ether oxygens (including phenoxy) is 5. The van der Waals surface area contributed by atoms with E-state index in [0.717, 1.165) is 27.8 Å². The van der Waals surface area contributed by atoms with E-state index in [1.807, 2.05) is 127 Å². The summed E-state index contributed by atoms with van der Waals surface area (Å²) in [6.07, 6.45) is -2.60. The highest BCUT2D eigenvalue weighted by molar-refractivity contribution is 5.18. The highest BCUT2D eigenvalue weighted by Gasteiger charge is 2.47. The van der Waals surface area contributed by atoms with Gasteiger partial charge in [-0.05, 0) is 27.8 Å². The van der Waals surface area contributed by atoms with Crippen molar-refractivity contribution in [1.29, 1.82) is 0 Å². The maximum atomic E-state index is 10.9. The maximum Gasteiger partial charge on any atom is 0.114 e. The molecule has 50 heavy (non-hydrogen) atoms. The normalized spacial score (nSPS) is 19.2. The van der Waals surface area contributed by atoms with Crippen LogP contribution in [0, 0.1) is 0 Å². The van der Waals surface area contributed by atoms with Crippen LogP contribution in [0.1, 0.15) is 27.8 Å². The van der Waals surface area contributed by atoms with Gasteiger partial charge >= 0.3 is 0 Å². The van der Waals surface area contributed by atoms with Crippen LogP contribution in [0.15, 0.2) is 152 Å². The van der Waals surface area contributed by atoms with Gasteiger partial charge in [0.15, 0.2) is 0 Å². The fraction of sp³-hybridized carbons (Fsp3) is 0.302. The number of nitrogens with one attached hydrogen (secondary N) is 1. The van der Waals surface area contributed by atoms with Crippen LogP contribution in [-0.4, -0.2) is 54.8 Å². The van der Waals surface area contributed by atoms with E-state index in [9.17, 15) is 5.11 Å². The second kappa shape index (κ2) is 19.3. The molecule has 6 rings (SSSR count). The van der Waals surface area contributed by atoms with E-state index in [-0.39, 0.29) is 18.8 Å². The van der Waals surface area contributed by atoms with E-state index in [0.29, 0.717) is 39.6 Å². The number of rotatable bonds is 19. The van der Waals surface area contributed by atoms with Crippen molar-refractivity contribution < 1.29 is 28.8 Å². The smallest absolute Gasteiger partial charge is 0.114 e. The van der Waals surface area contributed by atoms with Gasteiger partial charge in [-0.15, -0.1) is 0 Å². The van der Waals surface area contributed by atoms with Crippen molar-refractivity contribution in [3.8, 4) is 0 Å². The maximum absolute atomic E-state index is 10.9. The lowest BCUT2D eigenvalue weighted by Crippen LogP contribution is -2.56. The third-order valence-corrected chi connectivity index (χ3v) is 8.97. The molecule has 0 spiro atoms. The number of benzene rings is 5. The van der Waals surface area contributed by atoms with Gasteiger partial charge in [-0.3, -0.25) is 0 Å². The molecule has 1 aliphatic rings. The lowest BCUT2D eigenvalue weighted by atomic mass is 9.96. The third kappa shape index (κ3) is 10.4. The molecule has 0 amide bonds. The van der Waals surface area contributed by atoms with Crippen LogP contribution in [0.5, 0.6) is 0 Å². The molecule has 1 saturated heterocycles. The fourth-order valence-electron chi connectivity index (χ4n) is 6.31. The summed E-state index contributed by atoms with van der Waals surface area (Å²) in [6.45, 7) is 2.13. The Kier molecular flexibility index (Phi) is 13.7.